The van der Waals surface area contributed by atoms with Crippen molar-refractivity contribution in [2.24, 2.45) is 0 Å². The lowest BCUT2D eigenvalue weighted by Crippen LogP contribution is -2.38. The maximum atomic E-state index is 12.2. The highest BCUT2D eigenvalue weighted by Gasteiger charge is 2.28. The number of fused-ring (bicyclic) bond motifs is 1. The Kier molecular flexibility index (Phi) is 3.31. The van der Waals surface area contributed by atoms with Gasteiger partial charge in [0.1, 0.15) is 5.75 Å². The zero-order chi connectivity index (χ0) is 14.8. The molecule has 2 aromatic rings. The van der Waals surface area contributed by atoms with Crippen molar-refractivity contribution in [3.05, 3.63) is 54.1 Å². The van der Waals surface area contributed by atoms with Crippen LogP contribution in [0.5, 0.6) is 5.75 Å². The Morgan fingerprint density at radius 3 is 2.71 bits per heavy atom. The largest absolute Gasteiger partial charge is 0.508 e. The highest BCUT2D eigenvalue weighted by Crippen LogP contribution is 2.27. The number of rotatable bonds is 1. The molecule has 0 spiro atoms. The predicted octanol–water partition coefficient (Wildman–Crippen LogP) is 1.92. The van der Waals surface area contributed by atoms with Gasteiger partial charge in [0.25, 0.3) is 0 Å². The first-order valence-electron chi connectivity index (χ1n) is 6.65. The van der Waals surface area contributed by atoms with Crippen LogP contribution in [0.1, 0.15) is 5.56 Å². The molecule has 0 aromatic heterocycles. The van der Waals surface area contributed by atoms with E-state index in [0.29, 0.717) is 12.2 Å². The average molecular weight is 282 g/mol. The van der Waals surface area contributed by atoms with Gasteiger partial charge in [0.2, 0.25) is 0 Å². The minimum absolute atomic E-state index is 0.0340. The summed E-state index contributed by atoms with van der Waals surface area (Å²) in [6.45, 7) is 0.506. The maximum Gasteiger partial charge on any atom is 0.316 e. The lowest BCUT2D eigenvalue weighted by molar-refractivity contribution is -0.134. The lowest BCUT2D eigenvalue weighted by Gasteiger charge is -2.16. The van der Waals surface area contributed by atoms with Crippen LogP contribution in [0.4, 0.5) is 11.4 Å². The molecule has 1 aliphatic rings. The van der Waals surface area contributed by atoms with Gasteiger partial charge in [-0.25, -0.2) is 0 Å². The van der Waals surface area contributed by atoms with Crippen LogP contribution in [0.25, 0.3) is 0 Å². The summed E-state index contributed by atoms with van der Waals surface area (Å²) in [5.74, 6) is -1.27. The van der Waals surface area contributed by atoms with E-state index in [4.69, 9.17) is 0 Å². The molecule has 0 radical (unpaired) electrons. The van der Waals surface area contributed by atoms with Crippen molar-refractivity contribution in [3.63, 3.8) is 0 Å². The first-order chi connectivity index (χ1) is 10.1. The summed E-state index contributed by atoms with van der Waals surface area (Å²) >= 11 is 0. The van der Waals surface area contributed by atoms with Crippen molar-refractivity contribution >= 4 is 23.2 Å². The molecule has 2 amide bonds. The number of carbonyl (C=O) groups is 2. The number of phenolic OH excluding ortho intramolecular Hbond substituents is 1. The van der Waals surface area contributed by atoms with Gasteiger partial charge in [-0.15, -0.1) is 0 Å². The van der Waals surface area contributed by atoms with Crippen LogP contribution in [0.15, 0.2) is 48.5 Å². The minimum Gasteiger partial charge on any atom is -0.508 e. The van der Waals surface area contributed by atoms with Crippen molar-refractivity contribution in [3.8, 4) is 5.75 Å². The SMILES string of the molecule is O=C(Nc1cccc(O)c1)C(=O)N1CCc2ccccc21. The quantitative estimate of drug-likeness (QED) is 0.785. The molecule has 1 aliphatic heterocycles. The van der Waals surface area contributed by atoms with Crippen molar-refractivity contribution in [2.45, 2.75) is 6.42 Å². The van der Waals surface area contributed by atoms with Crippen molar-refractivity contribution in [1.82, 2.24) is 0 Å². The number of amides is 2. The van der Waals surface area contributed by atoms with Gasteiger partial charge in [0.15, 0.2) is 0 Å². The summed E-state index contributed by atoms with van der Waals surface area (Å²) in [6.07, 6.45) is 0.751. The lowest BCUT2D eigenvalue weighted by atomic mass is 10.2. The number of phenols is 1. The van der Waals surface area contributed by atoms with E-state index >= 15 is 0 Å². The molecule has 5 nitrogen and oxygen atoms in total. The first kappa shape index (κ1) is 13.2. The van der Waals surface area contributed by atoms with E-state index in [2.05, 4.69) is 5.32 Å². The monoisotopic (exact) mass is 282 g/mol. The van der Waals surface area contributed by atoms with Crippen molar-refractivity contribution < 1.29 is 14.7 Å². The van der Waals surface area contributed by atoms with E-state index in [0.717, 1.165) is 17.7 Å². The normalized spacial score (nSPS) is 12.9. The number of benzene rings is 2. The van der Waals surface area contributed by atoms with E-state index in [1.54, 1.807) is 12.1 Å². The fraction of sp³-hybridized carbons (Fsp3) is 0.125. The van der Waals surface area contributed by atoms with E-state index in [1.165, 1.54) is 17.0 Å². The van der Waals surface area contributed by atoms with E-state index < -0.39 is 11.8 Å². The second-order valence-electron chi connectivity index (χ2n) is 4.84. The Labute approximate surface area is 121 Å². The molecule has 2 N–H and O–H groups in total. The van der Waals surface area contributed by atoms with E-state index in [-0.39, 0.29) is 5.75 Å². The molecule has 0 saturated heterocycles. The Bertz CT molecular complexity index is 712. The molecule has 0 fully saturated rings. The number of aromatic hydroxyl groups is 1. The van der Waals surface area contributed by atoms with Gasteiger partial charge in [-0.3, -0.25) is 9.59 Å². The second kappa shape index (κ2) is 5.28. The molecule has 0 saturated carbocycles. The summed E-state index contributed by atoms with van der Waals surface area (Å²) in [6, 6.07) is 13.6. The average Bonchev–Trinajstić information content (AvgIpc) is 2.90. The third-order valence-corrected chi connectivity index (χ3v) is 3.43. The Hall–Kier alpha value is -2.82. The number of hydrogen-bond donors (Lipinski definition) is 2. The molecule has 3 rings (SSSR count). The molecule has 21 heavy (non-hydrogen) atoms. The fourth-order valence-corrected chi connectivity index (χ4v) is 2.44. The Balaban J connectivity index is 1.76. The standard InChI is InChI=1S/C16H14N2O3/c19-13-6-3-5-12(10-13)17-15(20)16(21)18-9-8-11-4-1-2-7-14(11)18/h1-7,10,19H,8-9H2,(H,17,20). The topological polar surface area (TPSA) is 69.6 Å². The number of para-hydroxylation sites is 1. The van der Waals surface area contributed by atoms with Gasteiger partial charge in [0.05, 0.1) is 0 Å². The number of carbonyl (C=O) groups excluding carboxylic acids is 2. The van der Waals surface area contributed by atoms with Gasteiger partial charge in [-0.05, 0) is 30.2 Å². The summed E-state index contributed by atoms with van der Waals surface area (Å²) in [4.78, 5) is 25.8. The van der Waals surface area contributed by atoms with Crippen LogP contribution in [0, 0.1) is 0 Å². The summed E-state index contributed by atoms with van der Waals surface area (Å²) in [7, 11) is 0. The molecule has 5 heteroatoms. The van der Waals surface area contributed by atoms with Gasteiger partial charge in [-0.1, -0.05) is 24.3 Å². The van der Waals surface area contributed by atoms with Crippen molar-refractivity contribution in [2.75, 3.05) is 16.8 Å². The number of anilines is 2. The Morgan fingerprint density at radius 2 is 1.90 bits per heavy atom. The molecule has 0 aliphatic carbocycles. The highest BCUT2D eigenvalue weighted by atomic mass is 16.3. The molecular weight excluding hydrogens is 268 g/mol. The van der Waals surface area contributed by atoms with E-state index in [9.17, 15) is 14.7 Å². The van der Waals surface area contributed by atoms with Crippen LogP contribution in [-0.2, 0) is 16.0 Å². The second-order valence-corrected chi connectivity index (χ2v) is 4.84. The Morgan fingerprint density at radius 1 is 1.10 bits per heavy atom. The molecule has 2 aromatic carbocycles. The zero-order valence-corrected chi connectivity index (χ0v) is 11.2. The smallest absolute Gasteiger partial charge is 0.316 e. The predicted molar refractivity (Wildman–Crippen MR) is 79.2 cm³/mol. The molecule has 1 heterocycles. The van der Waals surface area contributed by atoms with Gasteiger partial charge in [0, 0.05) is 24.0 Å². The molecule has 106 valence electrons. The number of nitrogens with zero attached hydrogens (tertiary/aromatic N) is 1. The summed E-state index contributed by atoms with van der Waals surface area (Å²) < 4.78 is 0. The van der Waals surface area contributed by atoms with Crippen LogP contribution in [0.2, 0.25) is 0 Å². The summed E-state index contributed by atoms with van der Waals surface area (Å²) in [5, 5.41) is 11.9. The number of nitrogens with one attached hydrogen (secondary N) is 1. The zero-order valence-electron chi connectivity index (χ0n) is 11.2. The number of hydrogen-bond acceptors (Lipinski definition) is 3. The van der Waals surface area contributed by atoms with Gasteiger partial charge >= 0.3 is 11.8 Å². The fourth-order valence-electron chi connectivity index (χ4n) is 2.44. The first-order valence-corrected chi connectivity index (χ1v) is 6.65. The minimum atomic E-state index is -0.711. The van der Waals surface area contributed by atoms with Crippen LogP contribution >= 0.6 is 0 Å². The van der Waals surface area contributed by atoms with Crippen LogP contribution < -0.4 is 10.2 Å². The van der Waals surface area contributed by atoms with Crippen LogP contribution in [-0.4, -0.2) is 23.5 Å². The summed E-state index contributed by atoms with van der Waals surface area (Å²) in [5.41, 5.74) is 2.24. The molecule has 0 atom stereocenters. The third kappa shape index (κ3) is 2.58. The maximum absolute atomic E-state index is 12.2. The van der Waals surface area contributed by atoms with Crippen molar-refractivity contribution in [1.29, 1.82) is 0 Å². The molecular formula is C16H14N2O3. The highest BCUT2D eigenvalue weighted by molar-refractivity contribution is 6.44. The van der Waals surface area contributed by atoms with Crippen LogP contribution in [0.3, 0.4) is 0 Å². The van der Waals surface area contributed by atoms with E-state index in [1.807, 2.05) is 24.3 Å². The van der Waals surface area contributed by atoms with Gasteiger partial charge < -0.3 is 15.3 Å². The van der Waals surface area contributed by atoms with Gasteiger partial charge in [-0.2, -0.15) is 0 Å². The third-order valence-electron chi connectivity index (χ3n) is 3.43. The molecule has 0 bridgehead atoms. The molecule has 0 unspecified atom stereocenters.